The van der Waals surface area contributed by atoms with Crippen LogP contribution in [0.4, 0.5) is 8.78 Å². The molecule has 0 heterocycles. The van der Waals surface area contributed by atoms with E-state index in [2.05, 4.69) is 10.9 Å². The summed E-state index contributed by atoms with van der Waals surface area (Å²) in [6.07, 6.45) is 0.457. The van der Waals surface area contributed by atoms with Crippen LogP contribution in [0.15, 0.2) is 48.5 Å². The minimum atomic E-state index is -0.945. The topological polar surface area (TPSA) is 58.2 Å². The van der Waals surface area contributed by atoms with Crippen LogP contribution in [0.2, 0.25) is 0 Å². The van der Waals surface area contributed by atoms with Crippen molar-refractivity contribution >= 4 is 11.8 Å². The van der Waals surface area contributed by atoms with E-state index in [1.165, 1.54) is 6.07 Å². The SMILES string of the molecule is O=C(CCc1ccc(F)c(F)c1)NNC(=O)Cc1ccccc1. The molecule has 0 saturated heterocycles. The van der Waals surface area contributed by atoms with Gasteiger partial charge in [0, 0.05) is 6.42 Å². The second-order valence-corrected chi connectivity index (χ2v) is 5.01. The fourth-order valence-corrected chi connectivity index (χ4v) is 1.98. The molecule has 0 spiro atoms. The second kappa shape index (κ2) is 8.03. The largest absolute Gasteiger partial charge is 0.273 e. The fourth-order valence-electron chi connectivity index (χ4n) is 1.98. The molecule has 0 aliphatic heterocycles. The van der Waals surface area contributed by atoms with E-state index in [0.29, 0.717) is 5.56 Å². The standard InChI is InChI=1S/C17H16F2N2O2/c18-14-8-6-13(10-15(14)19)7-9-16(22)20-21-17(23)11-12-4-2-1-3-5-12/h1-6,8,10H,7,9,11H2,(H,20,22)(H,21,23). The molecule has 4 nitrogen and oxygen atoms in total. The molecule has 0 aromatic heterocycles. The Morgan fingerprint density at radius 3 is 2.22 bits per heavy atom. The van der Waals surface area contributed by atoms with Gasteiger partial charge in [0.2, 0.25) is 11.8 Å². The van der Waals surface area contributed by atoms with Crippen molar-refractivity contribution in [2.45, 2.75) is 19.3 Å². The Hall–Kier alpha value is -2.76. The van der Waals surface area contributed by atoms with Gasteiger partial charge in [-0.2, -0.15) is 0 Å². The number of aryl methyl sites for hydroxylation is 1. The van der Waals surface area contributed by atoms with Gasteiger partial charge in [-0.15, -0.1) is 0 Å². The molecular weight excluding hydrogens is 302 g/mol. The van der Waals surface area contributed by atoms with Crippen LogP contribution < -0.4 is 10.9 Å². The Morgan fingerprint density at radius 1 is 0.826 bits per heavy atom. The molecular formula is C17H16F2N2O2. The van der Waals surface area contributed by atoms with E-state index in [4.69, 9.17) is 0 Å². The molecule has 0 aliphatic carbocycles. The van der Waals surface area contributed by atoms with Crippen molar-refractivity contribution in [3.8, 4) is 0 Å². The Kier molecular flexibility index (Phi) is 5.80. The lowest BCUT2D eigenvalue weighted by atomic mass is 10.1. The number of nitrogens with one attached hydrogen (secondary N) is 2. The molecule has 2 aromatic carbocycles. The number of carbonyl (C=O) groups is 2. The van der Waals surface area contributed by atoms with Gasteiger partial charge in [-0.05, 0) is 29.7 Å². The van der Waals surface area contributed by atoms with Crippen LogP contribution in [-0.4, -0.2) is 11.8 Å². The predicted molar refractivity (Wildman–Crippen MR) is 81.1 cm³/mol. The summed E-state index contributed by atoms with van der Waals surface area (Å²) in [6.45, 7) is 0. The summed E-state index contributed by atoms with van der Waals surface area (Å²) in [6, 6.07) is 12.6. The third-order valence-electron chi connectivity index (χ3n) is 3.17. The zero-order chi connectivity index (χ0) is 16.7. The number of benzene rings is 2. The van der Waals surface area contributed by atoms with Gasteiger partial charge in [-0.25, -0.2) is 8.78 Å². The van der Waals surface area contributed by atoms with E-state index in [-0.39, 0.29) is 25.2 Å². The Morgan fingerprint density at radius 2 is 1.52 bits per heavy atom. The van der Waals surface area contributed by atoms with Gasteiger partial charge < -0.3 is 0 Å². The molecule has 0 aliphatic rings. The monoisotopic (exact) mass is 318 g/mol. The average Bonchev–Trinajstić information content (AvgIpc) is 2.55. The molecule has 0 unspecified atom stereocenters. The lowest BCUT2D eigenvalue weighted by molar-refractivity contribution is -0.128. The first-order chi connectivity index (χ1) is 11.0. The third-order valence-corrected chi connectivity index (χ3v) is 3.17. The lowest BCUT2D eigenvalue weighted by Crippen LogP contribution is -2.42. The Labute approximate surface area is 132 Å². The highest BCUT2D eigenvalue weighted by molar-refractivity contribution is 5.83. The fraction of sp³-hybridized carbons (Fsp3) is 0.176. The highest BCUT2D eigenvalue weighted by atomic mass is 19.2. The number of hydrazine groups is 1. The second-order valence-electron chi connectivity index (χ2n) is 5.01. The van der Waals surface area contributed by atoms with E-state index in [9.17, 15) is 18.4 Å². The molecule has 120 valence electrons. The highest BCUT2D eigenvalue weighted by Crippen LogP contribution is 2.10. The van der Waals surface area contributed by atoms with Crippen LogP contribution in [0.5, 0.6) is 0 Å². The first-order valence-electron chi connectivity index (χ1n) is 7.10. The number of rotatable bonds is 5. The molecule has 0 radical (unpaired) electrons. The van der Waals surface area contributed by atoms with E-state index in [0.717, 1.165) is 17.7 Å². The minimum absolute atomic E-state index is 0.0523. The summed E-state index contributed by atoms with van der Waals surface area (Å²) in [5, 5.41) is 0. The molecule has 2 N–H and O–H groups in total. The summed E-state index contributed by atoms with van der Waals surface area (Å²) < 4.78 is 25.8. The molecule has 0 fully saturated rings. The third kappa shape index (κ3) is 5.50. The maximum Gasteiger partial charge on any atom is 0.242 e. The summed E-state index contributed by atoms with van der Waals surface area (Å²) >= 11 is 0. The molecule has 23 heavy (non-hydrogen) atoms. The van der Waals surface area contributed by atoms with Crippen LogP contribution in [0.25, 0.3) is 0 Å². The van der Waals surface area contributed by atoms with Crippen molar-refractivity contribution in [2.75, 3.05) is 0 Å². The number of halogens is 2. The molecule has 2 amide bonds. The van der Waals surface area contributed by atoms with Crippen molar-refractivity contribution < 1.29 is 18.4 Å². The normalized spacial score (nSPS) is 10.2. The molecule has 2 rings (SSSR count). The molecule has 0 saturated carbocycles. The van der Waals surface area contributed by atoms with Gasteiger partial charge in [-0.3, -0.25) is 20.4 Å². The molecule has 6 heteroatoms. The smallest absolute Gasteiger partial charge is 0.242 e. The lowest BCUT2D eigenvalue weighted by Gasteiger charge is -2.07. The Bertz CT molecular complexity index is 690. The number of hydrogen-bond acceptors (Lipinski definition) is 2. The van der Waals surface area contributed by atoms with Gasteiger partial charge in [-0.1, -0.05) is 36.4 Å². The molecule has 0 atom stereocenters. The molecule has 0 bridgehead atoms. The van der Waals surface area contributed by atoms with Gasteiger partial charge in [0.1, 0.15) is 0 Å². The van der Waals surface area contributed by atoms with E-state index in [1.807, 2.05) is 30.3 Å². The first kappa shape index (κ1) is 16.6. The molecule has 2 aromatic rings. The van der Waals surface area contributed by atoms with Crippen molar-refractivity contribution in [1.82, 2.24) is 10.9 Å². The van der Waals surface area contributed by atoms with Crippen LogP contribution in [0.3, 0.4) is 0 Å². The van der Waals surface area contributed by atoms with Gasteiger partial charge in [0.05, 0.1) is 6.42 Å². The van der Waals surface area contributed by atoms with Crippen molar-refractivity contribution in [1.29, 1.82) is 0 Å². The number of hydrogen-bond donors (Lipinski definition) is 2. The zero-order valence-corrected chi connectivity index (χ0v) is 12.3. The zero-order valence-electron chi connectivity index (χ0n) is 12.3. The maximum atomic E-state index is 13.0. The quantitative estimate of drug-likeness (QED) is 0.831. The van der Waals surface area contributed by atoms with Crippen molar-refractivity contribution in [3.63, 3.8) is 0 Å². The van der Waals surface area contributed by atoms with E-state index in [1.54, 1.807) is 0 Å². The van der Waals surface area contributed by atoms with Crippen molar-refractivity contribution in [3.05, 3.63) is 71.3 Å². The van der Waals surface area contributed by atoms with Crippen LogP contribution in [-0.2, 0) is 22.4 Å². The number of amides is 2. The summed E-state index contributed by atoms with van der Waals surface area (Å²) in [5.41, 5.74) is 5.95. The Balaban J connectivity index is 1.72. The van der Waals surface area contributed by atoms with Crippen LogP contribution in [0.1, 0.15) is 17.5 Å². The summed E-state index contributed by atoms with van der Waals surface area (Å²) in [5.74, 6) is -2.61. The van der Waals surface area contributed by atoms with Gasteiger partial charge in [0.15, 0.2) is 11.6 Å². The average molecular weight is 318 g/mol. The van der Waals surface area contributed by atoms with E-state index < -0.39 is 17.5 Å². The van der Waals surface area contributed by atoms with Crippen molar-refractivity contribution in [2.24, 2.45) is 0 Å². The first-order valence-corrected chi connectivity index (χ1v) is 7.10. The minimum Gasteiger partial charge on any atom is -0.273 e. The maximum absolute atomic E-state index is 13.0. The predicted octanol–water partition coefficient (Wildman–Crippen LogP) is 2.29. The summed E-state index contributed by atoms with van der Waals surface area (Å²) in [7, 11) is 0. The van der Waals surface area contributed by atoms with Gasteiger partial charge in [0.25, 0.3) is 0 Å². The van der Waals surface area contributed by atoms with E-state index >= 15 is 0 Å². The van der Waals surface area contributed by atoms with Crippen LogP contribution >= 0.6 is 0 Å². The van der Waals surface area contributed by atoms with Crippen LogP contribution in [0, 0.1) is 11.6 Å². The van der Waals surface area contributed by atoms with Gasteiger partial charge >= 0.3 is 0 Å². The highest BCUT2D eigenvalue weighted by Gasteiger charge is 2.07. The number of carbonyl (C=O) groups excluding carboxylic acids is 2. The summed E-state index contributed by atoms with van der Waals surface area (Å²) in [4.78, 5) is 23.3.